The third-order valence-corrected chi connectivity index (χ3v) is 4.36. The molecule has 2 N–H and O–H groups in total. The number of thiazole rings is 1. The quantitative estimate of drug-likeness (QED) is 0.718. The Bertz CT molecular complexity index is 827. The summed E-state index contributed by atoms with van der Waals surface area (Å²) < 4.78 is 5.23. The Morgan fingerprint density at radius 2 is 2.00 bits per heavy atom. The average Bonchev–Trinajstić information content (AvgIpc) is 3.26. The Hall–Kier alpha value is -2.93. The van der Waals surface area contributed by atoms with Crippen LogP contribution in [0.3, 0.4) is 0 Å². The van der Waals surface area contributed by atoms with Gasteiger partial charge in [-0.25, -0.2) is 9.78 Å². The summed E-state index contributed by atoms with van der Waals surface area (Å²) in [5.74, 6) is -0.977. The van der Waals surface area contributed by atoms with Gasteiger partial charge in [-0.2, -0.15) is 0 Å². The highest BCUT2D eigenvalue weighted by atomic mass is 32.1. The number of rotatable bonds is 6. The lowest BCUT2D eigenvalue weighted by Gasteiger charge is -2.13. The Morgan fingerprint density at radius 1 is 1.21 bits per heavy atom. The first-order valence-corrected chi connectivity index (χ1v) is 8.02. The zero-order valence-electron chi connectivity index (χ0n) is 12.5. The molecule has 24 heavy (non-hydrogen) atoms. The summed E-state index contributed by atoms with van der Waals surface area (Å²) in [4.78, 5) is 28.2. The van der Waals surface area contributed by atoms with Crippen molar-refractivity contribution in [2.45, 2.75) is 12.5 Å². The number of carbonyl (C=O) groups excluding carboxylic acids is 1. The number of furan rings is 1. The molecule has 0 aliphatic heterocycles. The minimum absolute atomic E-state index is 0.214. The fourth-order valence-electron chi connectivity index (χ4n) is 2.17. The van der Waals surface area contributed by atoms with Crippen molar-refractivity contribution in [2.75, 3.05) is 0 Å². The Labute approximate surface area is 141 Å². The minimum atomic E-state index is -1.08. The van der Waals surface area contributed by atoms with Crippen molar-refractivity contribution in [3.05, 3.63) is 65.4 Å². The zero-order chi connectivity index (χ0) is 16.9. The molecule has 0 bridgehead atoms. The molecule has 2 aromatic heterocycles. The number of hydrogen-bond donors (Lipinski definition) is 2. The summed E-state index contributed by atoms with van der Waals surface area (Å²) >= 11 is 1.15. The predicted octanol–water partition coefficient (Wildman–Crippen LogP) is 2.83. The number of benzene rings is 1. The summed E-state index contributed by atoms with van der Waals surface area (Å²) in [6.45, 7) is 0. The maximum Gasteiger partial charge on any atom is 0.326 e. The van der Waals surface area contributed by atoms with E-state index < -0.39 is 17.9 Å². The van der Waals surface area contributed by atoms with Crippen LogP contribution in [-0.4, -0.2) is 28.0 Å². The molecular formula is C17H14N2O4S. The van der Waals surface area contributed by atoms with Crippen LogP contribution in [0.25, 0.3) is 10.8 Å². The van der Waals surface area contributed by atoms with Crippen molar-refractivity contribution in [3.8, 4) is 10.8 Å². The van der Waals surface area contributed by atoms with Crippen LogP contribution in [0.1, 0.15) is 15.2 Å². The molecule has 0 saturated heterocycles. The third-order valence-electron chi connectivity index (χ3n) is 3.35. The van der Waals surface area contributed by atoms with Gasteiger partial charge in [0, 0.05) is 6.42 Å². The van der Waals surface area contributed by atoms with E-state index in [4.69, 9.17) is 4.42 Å². The fourth-order valence-corrected chi connectivity index (χ4v) is 2.96. The van der Waals surface area contributed by atoms with E-state index in [0.29, 0.717) is 15.6 Å². The van der Waals surface area contributed by atoms with Crippen LogP contribution in [0.4, 0.5) is 0 Å². The molecule has 1 atom stereocenters. The maximum absolute atomic E-state index is 12.3. The molecule has 122 valence electrons. The lowest BCUT2D eigenvalue weighted by molar-refractivity contribution is -0.139. The molecule has 0 fully saturated rings. The zero-order valence-corrected chi connectivity index (χ0v) is 13.3. The van der Waals surface area contributed by atoms with E-state index in [1.807, 2.05) is 30.3 Å². The number of hydrogen-bond acceptors (Lipinski definition) is 5. The lowest BCUT2D eigenvalue weighted by Crippen LogP contribution is -2.42. The number of amides is 1. The number of nitrogens with one attached hydrogen (secondary N) is 1. The predicted molar refractivity (Wildman–Crippen MR) is 88.9 cm³/mol. The number of carboxylic acids is 1. The van der Waals surface area contributed by atoms with Gasteiger partial charge in [-0.3, -0.25) is 4.79 Å². The molecule has 0 spiro atoms. The number of aromatic nitrogens is 1. The van der Waals surface area contributed by atoms with Crippen molar-refractivity contribution in [1.82, 2.24) is 10.3 Å². The second-order valence-corrected chi connectivity index (χ2v) is 6.09. The highest BCUT2D eigenvalue weighted by Gasteiger charge is 2.22. The number of nitrogens with zero attached hydrogens (tertiary/aromatic N) is 1. The van der Waals surface area contributed by atoms with Crippen LogP contribution >= 0.6 is 11.3 Å². The topological polar surface area (TPSA) is 92.4 Å². The summed E-state index contributed by atoms with van der Waals surface area (Å²) in [7, 11) is 0. The van der Waals surface area contributed by atoms with E-state index in [9.17, 15) is 14.7 Å². The van der Waals surface area contributed by atoms with Crippen LogP contribution in [-0.2, 0) is 11.2 Å². The monoisotopic (exact) mass is 342 g/mol. The molecule has 0 aliphatic rings. The first kappa shape index (κ1) is 15.9. The van der Waals surface area contributed by atoms with Gasteiger partial charge in [0.05, 0.1) is 12.5 Å². The molecule has 0 saturated carbocycles. The van der Waals surface area contributed by atoms with Gasteiger partial charge >= 0.3 is 5.97 Å². The molecule has 3 rings (SSSR count). The van der Waals surface area contributed by atoms with Gasteiger partial charge in [-0.15, -0.1) is 11.3 Å². The molecule has 3 aromatic rings. The first-order chi connectivity index (χ1) is 11.6. The fraction of sp³-hybridized carbons (Fsp3) is 0.118. The second-order valence-electron chi connectivity index (χ2n) is 5.06. The van der Waals surface area contributed by atoms with Gasteiger partial charge < -0.3 is 14.8 Å². The maximum atomic E-state index is 12.3. The first-order valence-electron chi connectivity index (χ1n) is 7.21. The van der Waals surface area contributed by atoms with E-state index in [1.165, 1.54) is 12.5 Å². The number of aliphatic carboxylic acids is 1. The van der Waals surface area contributed by atoms with Gasteiger partial charge in [-0.1, -0.05) is 30.3 Å². The van der Waals surface area contributed by atoms with Crippen molar-refractivity contribution in [3.63, 3.8) is 0 Å². The SMILES string of the molecule is O=C(N[C@@H](Cc1ccccc1)C(=O)O)c1cnc(-c2ccco2)s1. The van der Waals surface area contributed by atoms with Crippen molar-refractivity contribution in [2.24, 2.45) is 0 Å². The molecular weight excluding hydrogens is 328 g/mol. The second kappa shape index (κ2) is 7.10. The Morgan fingerprint density at radius 3 is 2.67 bits per heavy atom. The Balaban J connectivity index is 1.71. The van der Waals surface area contributed by atoms with Crippen molar-refractivity contribution in [1.29, 1.82) is 0 Å². The van der Waals surface area contributed by atoms with E-state index in [1.54, 1.807) is 12.1 Å². The summed E-state index contributed by atoms with van der Waals surface area (Å²) in [6, 6.07) is 11.6. The highest BCUT2D eigenvalue weighted by molar-refractivity contribution is 7.16. The normalized spacial score (nSPS) is 11.8. The average molecular weight is 342 g/mol. The third kappa shape index (κ3) is 3.69. The van der Waals surface area contributed by atoms with Gasteiger partial charge in [0.1, 0.15) is 10.9 Å². The van der Waals surface area contributed by atoms with E-state index in [-0.39, 0.29) is 6.42 Å². The lowest BCUT2D eigenvalue weighted by atomic mass is 10.1. The summed E-state index contributed by atoms with van der Waals surface area (Å²) in [6.07, 6.45) is 3.15. The highest BCUT2D eigenvalue weighted by Crippen LogP contribution is 2.25. The standard InChI is InChI=1S/C17H14N2O4S/c20-15(14-10-18-16(24-14)13-7-4-8-23-13)19-12(17(21)22)9-11-5-2-1-3-6-11/h1-8,10,12H,9H2,(H,19,20)(H,21,22)/t12-/m0/s1. The molecule has 0 radical (unpaired) electrons. The molecule has 0 unspecified atom stereocenters. The van der Waals surface area contributed by atoms with Crippen LogP contribution in [0.5, 0.6) is 0 Å². The minimum Gasteiger partial charge on any atom is -0.480 e. The molecule has 6 nitrogen and oxygen atoms in total. The Kier molecular flexibility index (Phi) is 4.72. The van der Waals surface area contributed by atoms with Crippen LogP contribution in [0, 0.1) is 0 Å². The van der Waals surface area contributed by atoms with Crippen LogP contribution in [0.15, 0.2) is 59.3 Å². The molecule has 7 heteroatoms. The number of carboxylic acid groups (broad SMARTS) is 1. The molecule has 0 aliphatic carbocycles. The molecule has 1 amide bonds. The molecule has 1 aromatic carbocycles. The van der Waals surface area contributed by atoms with Crippen molar-refractivity contribution < 1.29 is 19.1 Å². The number of carbonyl (C=O) groups is 2. The largest absolute Gasteiger partial charge is 0.480 e. The van der Waals surface area contributed by atoms with Crippen molar-refractivity contribution >= 4 is 23.2 Å². The van der Waals surface area contributed by atoms with Gasteiger partial charge in [0.15, 0.2) is 10.8 Å². The van der Waals surface area contributed by atoms with Gasteiger partial charge in [-0.05, 0) is 17.7 Å². The smallest absolute Gasteiger partial charge is 0.326 e. The summed E-state index contributed by atoms with van der Waals surface area (Å²) in [5, 5.41) is 12.5. The van der Waals surface area contributed by atoms with E-state index in [2.05, 4.69) is 10.3 Å². The molecule has 2 heterocycles. The van der Waals surface area contributed by atoms with Crippen LogP contribution < -0.4 is 5.32 Å². The summed E-state index contributed by atoms with van der Waals surface area (Å²) in [5.41, 5.74) is 0.839. The van der Waals surface area contributed by atoms with Gasteiger partial charge in [0.2, 0.25) is 0 Å². The van der Waals surface area contributed by atoms with E-state index >= 15 is 0 Å². The van der Waals surface area contributed by atoms with E-state index in [0.717, 1.165) is 16.9 Å². The van der Waals surface area contributed by atoms with Crippen LogP contribution in [0.2, 0.25) is 0 Å². The van der Waals surface area contributed by atoms with Gasteiger partial charge in [0.25, 0.3) is 5.91 Å².